The minimum atomic E-state index is -0.860. The van der Waals surface area contributed by atoms with E-state index < -0.39 is 11.9 Å². The second-order valence-electron chi connectivity index (χ2n) is 6.27. The molecule has 3 nitrogen and oxygen atoms in total. The Morgan fingerprint density at radius 3 is 2.60 bits per heavy atom. The molecule has 1 fully saturated rings. The molecule has 1 N–H and O–H groups in total. The van der Waals surface area contributed by atoms with Gasteiger partial charge >= 0.3 is 5.97 Å². The van der Waals surface area contributed by atoms with E-state index in [1.54, 1.807) is 18.2 Å². The molecule has 2 atom stereocenters. The topological polar surface area (TPSA) is 40.5 Å². The van der Waals surface area contributed by atoms with Crippen LogP contribution in [0.5, 0.6) is 0 Å². The molecule has 1 aromatic carbocycles. The van der Waals surface area contributed by atoms with E-state index in [0.29, 0.717) is 23.1 Å². The van der Waals surface area contributed by atoms with Gasteiger partial charge < -0.3 is 5.11 Å². The van der Waals surface area contributed by atoms with Gasteiger partial charge in [-0.3, -0.25) is 9.69 Å². The summed E-state index contributed by atoms with van der Waals surface area (Å²) in [4.78, 5) is 13.6. The number of aliphatic carboxylic acids is 1. The summed E-state index contributed by atoms with van der Waals surface area (Å²) in [6, 6.07) is 5.07. The van der Waals surface area contributed by atoms with Gasteiger partial charge in [0.15, 0.2) is 0 Å². The van der Waals surface area contributed by atoms with Gasteiger partial charge in [0.25, 0.3) is 0 Å². The summed E-state index contributed by atoms with van der Waals surface area (Å²) >= 11 is 3.17. The van der Waals surface area contributed by atoms with E-state index in [2.05, 4.69) is 20.8 Å². The van der Waals surface area contributed by atoms with Crippen LogP contribution in [0, 0.1) is 11.7 Å². The van der Waals surface area contributed by atoms with Gasteiger partial charge in [0.1, 0.15) is 5.82 Å². The molecular formula is C15H19BrFNO2. The summed E-state index contributed by atoms with van der Waals surface area (Å²) in [5.74, 6) is -2.09. The van der Waals surface area contributed by atoms with Crippen LogP contribution in [0.4, 0.5) is 4.39 Å². The number of likely N-dealkylation sites (tertiary alicyclic amines) is 1. The van der Waals surface area contributed by atoms with Crippen LogP contribution >= 0.6 is 15.9 Å². The molecule has 1 aliphatic heterocycles. The van der Waals surface area contributed by atoms with E-state index in [-0.39, 0.29) is 17.3 Å². The number of carboxylic acid groups (broad SMARTS) is 1. The van der Waals surface area contributed by atoms with Gasteiger partial charge in [-0.1, -0.05) is 12.1 Å². The number of rotatable bonds is 2. The van der Waals surface area contributed by atoms with Crippen LogP contribution in [0.2, 0.25) is 0 Å². The first-order valence-electron chi connectivity index (χ1n) is 6.63. The third-order valence-electron chi connectivity index (χ3n) is 3.97. The Morgan fingerprint density at radius 1 is 1.40 bits per heavy atom. The van der Waals surface area contributed by atoms with E-state index in [1.807, 2.05) is 20.8 Å². The highest BCUT2D eigenvalue weighted by Gasteiger charge is 2.43. The van der Waals surface area contributed by atoms with Gasteiger partial charge in [-0.2, -0.15) is 0 Å². The highest BCUT2D eigenvalue weighted by atomic mass is 79.9. The molecule has 2 rings (SSSR count). The van der Waals surface area contributed by atoms with E-state index in [1.165, 1.54) is 0 Å². The maximum Gasteiger partial charge on any atom is 0.308 e. The Balaban J connectivity index is 2.38. The molecular weight excluding hydrogens is 325 g/mol. The molecule has 110 valence electrons. The van der Waals surface area contributed by atoms with Crippen molar-refractivity contribution in [1.29, 1.82) is 0 Å². The summed E-state index contributed by atoms with van der Waals surface area (Å²) in [6.07, 6.45) is 0. The summed E-state index contributed by atoms with van der Waals surface area (Å²) in [5.41, 5.74) is 0.365. The van der Waals surface area contributed by atoms with Crippen LogP contribution in [0.1, 0.15) is 32.3 Å². The van der Waals surface area contributed by atoms with Crippen LogP contribution in [-0.4, -0.2) is 34.6 Å². The molecule has 0 bridgehead atoms. The molecule has 5 heteroatoms. The van der Waals surface area contributed by atoms with Crippen molar-refractivity contribution in [2.75, 3.05) is 13.1 Å². The Bertz CT molecular complexity index is 527. The first kappa shape index (κ1) is 15.4. The SMILES string of the molecule is CC(C)(C)N1C[C@@H](C(=O)O)[C@H](c2cccc(Br)c2F)C1. The van der Waals surface area contributed by atoms with E-state index in [0.717, 1.165) is 0 Å². The van der Waals surface area contributed by atoms with Crippen molar-refractivity contribution in [3.05, 3.63) is 34.1 Å². The lowest BCUT2D eigenvalue weighted by atomic mass is 9.89. The normalized spacial score (nSPS) is 24.1. The Morgan fingerprint density at radius 2 is 2.05 bits per heavy atom. The zero-order valence-electron chi connectivity index (χ0n) is 11.9. The van der Waals surface area contributed by atoms with Crippen molar-refractivity contribution >= 4 is 21.9 Å². The zero-order chi connectivity index (χ0) is 15.1. The van der Waals surface area contributed by atoms with Crippen molar-refractivity contribution < 1.29 is 14.3 Å². The molecule has 0 amide bonds. The molecule has 20 heavy (non-hydrogen) atoms. The van der Waals surface area contributed by atoms with Crippen molar-refractivity contribution in [3.8, 4) is 0 Å². The number of carboxylic acids is 1. The number of hydrogen-bond donors (Lipinski definition) is 1. The van der Waals surface area contributed by atoms with Gasteiger partial charge in [0.05, 0.1) is 10.4 Å². The van der Waals surface area contributed by atoms with Gasteiger partial charge in [0, 0.05) is 24.5 Å². The average Bonchev–Trinajstić information content (AvgIpc) is 2.77. The standard InChI is InChI=1S/C15H19BrFNO2/c1-15(2,3)18-7-10(11(8-18)14(19)20)9-5-4-6-12(16)13(9)17/h4-6,10-11H,7-8H2,1-3H3,(H,19,20)/t10-,11+/m0/s1. The summed E-state index contributed by atoms with van der Waals surface area (Å²) < 4.78 is 14.6. The fraction of sp³-hybridized carbons (Fsp3) is 0.533. The number of nitrogens with zero attached hydrogens (tertiary/aromatic N) is 1. The highest BCUT2D eigenvalue weighted by Crippen LogP contribution is 2.38. The predicted octanol–water partition coefficient (Wildman–Crippen LogP) is 3.49. The third kappa shape index (κ3) is 2.88. The molecule has 0 aliphatic carbocycles. The third-order valence-corrected chi connectivity index (χ3v) is 4.58. The first-order valence-corrected chi connectivity index (χ1v) is 7.43. The van der Waals surface area contributed by atoms with Crippen LogP contribution in [0.15, 0.2) is 22.7 Å². The second kappa shape index (κ2) is 5.45. The number of benzene rings is 1. The summed E-state index contributed by atoms with van der Waals surface area (Å²) in [5, 5.41) is 9.43. The van der Waals surface area contributed by atoms with Crippen LogP contribution in [0.25, 0.3) is 0 Å². The quantitative estimate of drug-likeness (QED) is 0.893. The molecule has 0 spiro atoms. The average molecular weight is 344 g/mol. The first-order chi connectivity index (χ1) is 9.21. The Labute approximate surface area is 126 Å². The van der Waals surface area contributed by atoms with Crippen molar-refractivity contribution in [2.45, 2.75) is 32.2 Å². The maximum absolute atomic E-state index is 14.3. The highest BCUT2D eigenvalue weighted by molar-refractivity contribution is 9.10. The van der Waals surface area contributed by atoms with E-state index >= 15 is 0 Å². The Kier molecular flexibility index (Phi) is 4.21. The van der Waals surface area contributed by atoms with Gasteiger partial charge in [0.2, 0.25) is 0 Å². The van der Waals surface area contributed by atoms with E-state index in [9.17, 15) is 14.3 Å². The van der Waals surface area contributed by atoms with Crippen molar-refractivity contribution in [2.24, 2.45) is 5.92 Å². The molecule has 0 aromatic heterocycles. The fourth-order valence-electron chi connectivity index (χ4n) is 2.72. The fourth-order valence-corrected chi connectivity index (χ4v) is 3.11. The summed E-state index contributed by atoms with van der Waals surface area (Å²) in [6.45, 7) is 7.16. The number of hydrogen-bond acceptors (Lipinski definition) is 2. The molecule has 0 unspecified atom stereocenters. The van der Waals surface area contributed by atoms with Crippen LogP contribution < -0.4 is 0 Å². The smallest absolute Gasteiger partial charge is 0.308 e. The number of halogens is 2. The monoisotopic (exact) mass is 343 g/mol. The lowest BCUT2D eigenvalue weighted by molar-refractivity contribution is -0.141. The van der Waals surface area contributed by atoms with Crippen LogP contribution in [-0.2, 0) is 4.79 Å². The molecule has 1 saturated heterocycles. The lowest BCUT2D eigenvalue weighted by Crippen LogP contribution is -2.40. The minimum absolute atomic E-state index is 0.120. The number of carbonyl (C=O) groups is 1. The lowest BCUT2D eigenvalue weighted by Gasteiger charge is -2.31. The van der Waals surface area contributed by atoms with Gasteiger partial charge in [-0.05, 0) is 48.3 Å². The van der Waals surface area contributed by atoms with Crippen LogP contribution in [0.3, 0.4) is 0 Å². The minimum Gasteiger partial charge on any atom is -0.481 e. The predicted molar refractivity (Wildman–Crippen MR) is 79.3 cm³/mol. The van der Waals surface area contributed by atoms with Crippen molar-refractivity contribution in [1.82, 2.24) is 4.90 Å². The van der Waals surface area contributed by atoms with Gasteiger partial charge in [-0.15, -0.1) is 0 Å². The summed E-state index contributed by atoms with van der Waals surface area (Å²) in [7, 11) is 0. The Hall–Kier alpha value is -0.940. The largest absolute Gasteiger partial charge is 0.481 e. The second-order valence-corrected chi connectivity index (χ2v) is 7.12. The molecule has 1 aliphatic rings. The maximum atomic E-state index is 14.3. The molecule has 0 radical (unpaired) electrons. The van der Waals surface area contributed by atoms with Gasteiger partial charge in [-0.25, -0.2) is 4.39 Å². The van der Waals surface area contributed by atoms with E-state index in [4.69, 9.17) is 0 Å². The van der Waals surface area contributed by atoms with Crippen molar-refractivity contribution in [3.63, 3.8) is 0 Å². The molecule has 1 aromatic rings. The zero-order valence-corrected chi connectivity index (χ0v) is 13.4. The molecule has 1 heterocycles. The molecule has 0 saturated carbocycles.